The summed E-state index contributed by atoms with van der Waals surface area (Å²) in [5.74, 6) is 0.0587. The van der Waals surface area contributed by atoms with Gasteiger partial charge < -0.3 is 15.1 Å². The van der Waals surface area contributed by atoms with Crippen molar-refractivity contribution < 1.29 is 4.79 Å². The normalized spacial score (nSPS) is 17.8. The van der Waals surface area contributed by atoms with Crippen LogP contribution in [0, 0.1) is 0 Å². The highest BCUT2D eigenvalue weighted by Gasteiger charge is 2.13. The Balaban J connectivity index is 1.57. The highest BCUT2D eigenvalue weighted by Crippen LogP contribution is 2.07. The second-order valence-corrected chi connectivity index (χ2v) is 5.68. The zero-order valence-corrected chi connectivity index (χ0v) is 11.7. The van der Waals surface area contributed by atoms with Crippen LogP contribution in [0.4, 0.5) is 0 Å². The van der Waals surface area contributed by atoms with E-state index in [0.29, 0.717) is 0 Å². The Kier molecular flexibility index (Phi) is 5.16. The first-order chi connectivity index (χ1) is 8.75. The molecule has 1 aliphatic rings. The molecule has 0 aromatic carbocycles. The molecule has 0 saturated carbocycles. The van der Waals surface area contributed by atoms with Crippen LogP contribution in [0.1, 0.15) is 16.1 Å². The number of piperazine rings is 1. The van der Waals surface area contributed by atoms with E-state index in [9.17, 15) is 4.79 Å². The number of hydrogen-bond acceptors (Lipinski definition) is 4. The van der Waals surface area contributed by atoms with E-state index in [1.54, 1.807) is 0 Å². The average Bonchev–Trinajstić information content (AvgIpc) is 2.90. The second kappa shape index (κ2) is 6.87. The fourth-order valence-corrected chi connectivity index (χ4v) is 2.71. The summed E-state index contributed by atoms with van der Waals surface area (Å²) in [6, 6.07) is 3.77. The van der Waals surface area contributed by atoms with Crippen molar-refractivity contribution in [1.29, 1.82) is 0 Å². The number of nitrogens with one attached hydrogen (secondary N) is 1. The minimum Gasteiger partial charge on any atom is -0.351 e. The van der Waals surface area contributed by atoms with Gasteiger partial charge in [0.1, 0.15) is 0 Å². The predicted molar refractivity (Wildman–Crippen MR) is 75.2 cm³/mol. The Morgan fingerprint density at radius 1 is 1.39 bits per heavy atom. The minimum atomic E-state index is 0.0587. The van der Waals surface area contributed by atoms with Crippen molar-refractivity contribution in [1.82, 2.24) is 15.1 Å². The van der Waals surface area contributed by atoms with Gasteiger partial charge in [-0.1, -0.05) is 6.07 Å². The molecule has 1 aromatic heterocycles. The first kappa shape index (κ1) is 13.5. The number of thiophene rings is 1. The molecule has 0 aliphatic carbocycles. The van der Waals surface area contributed by atoms with Gasteiger partial charge in [-0.2, -0.15) is 0 Å². The zero-order valence-electron chi connectivity index (χ0n) is 10.9. The van der Waals surface area contributed by atoms with E-state index in [0.717, 1.165) is 50.6 Å². The van der Waals surface area contributed by atoms with E-state index in [-0.39, 0.29) is 5.91 Å². The van der Waals surface area contributed by atoms with Gasteiger partial charge in [-0.3, -0.25) is 4.79 Å². The highest BCUT2D eigenvalue weighted by atomic mass is 32.1. The van der Waals surface area contributed by atoms with Crippen molar-refractivity contribution in [2.75, 3.05) is 46.3 Å². The summed E-state index contributed by atoms with van der Waals surface area (Å²) in [7, 11) is 2.17. The Bertz CT molecular complexity index is 358. The second-order valence-electron chi connectivity index (χ2n) is 4.73. The molecule has 1 saturated heterocycles. The first-order valence-corrected chi connectivity index (χ1v) is 7.36. The van der Waals surface area contributed by atoms with Gasteiger partial charge in [0.05, 0.1) is 4.88 Å². The van der Waals surface area contributed by atoms with E-state index in [4.69, 9.17) is 0 Å². The number of nitrogens with zero attached hydrogens (tertiary/aromatic N) is 2. The van der Waals surface area contributed by atoms with Gasteiger partial charge in [0.25, 0.3) is 5.91 Å². The summed E-state index contributed by atoms with van der Waals surface area (Å²) in [6.07, 6.45) is 1.03. The van der Waals surface area contributed by atoms with E-state index < -0.39 is 0 Å². The maximum atomic E-state index is 11.7. The third kappa shape index (κ3) is 4.08. The van der Waals surface area contributed by atoms with Crippen molar-refractivity contribution in [3.05, 3.63) is 22.4 Å². The van der Waals surface area contributed by atoms with Gasteiger partial charge in [0.2, 0.25) is 0 Å². The number of carbonyl (C=O) groups is 1. The molecule has 0 radical (unpaired) electrons. The molecule has 1 amide bonds. The highest BCUT2D eigenvalue weighted by molar-refractivity contribution is 7.12. The van der Waals surface area contributed by atoms with E-state index >= 15 is 0 Å². The lowest BCUT2D eigenvalue weighted by molar-refractivity contribution is 0.0953. The van der Waals surface area contributed by atoms with Crippen LogP contribution in [0.2, 0.25) is 0 Å². The third-order valence-corrected chi connectivity index (χ3v) is 4.15. The quantitative estimate of drug-likeness (QED) is 0.812. The fraction of sp³-hybridized carbons (Fsp3) is 0.615. The topological polar surface area (TPSA) is 35.6 Å². The number of rotatable bonds is 5. The van der Waals surface area contributed by atoms with Gasteiger partial charge >= 0.3 is 0 Å². The molecular weight excluding hydrogens is 246 g/mol. The lowest BCUT2D eigenvalue weighted by Crippen LogP contribution is -2.45. The summed E-state index contributed by atoms with van der Waals surface area (Å²) >= 11 is 1.49. The van der Waals surface area contributed by atoms with Crippen LogP contribution < -0.4 is 5.32 Å². The number of carbonyl (C=O) groups excluding carboxylic acids is 1. The van der Waals surface area contributed by atoms with Crippen LogP contribution in [0.5, 0.6) is 0 Å². The van der Waals surface area contributed by atoms with E-state index in [2.05, 4.69) is 22.2 Å². The molecule has 0 spiro atoms. The first-order valence-electron chi connectivity index (χ1n) is 6.48. The number of amides is 1. The summed E-state index contributed by atoms with van der Waals surface area (Å²) in [5.41, 5.74) is 0. The van der Waals surface area contributed by atoms with Crippen molar-refractivity contribution >= 4 is 17.2 Å². The number of likely N-dealkylation sites (N-methyl/N-ethyl adjacent to an activating group) is 1. The van der Waals surface area contributed by atoms with Gasteiger partial charge in [-0.05, 0) is 31.5 Å². The maximum absolute atomic E-state index is 11.7. The Morgan fingerprint density at radius 2 is 2.17 bits per heavy atom. The van der Waals surface area contributed by atoms with Crippen molar-refractivity contribution in [3.8, 4) is 0 Å². The molecule has 1 aliphatic heterocycles. The van der Waals surface area contributed by atoms with Crippen LogP contribution in [0.15, 0.2) is 17.5 Å². The van der Waals surface area contributed by atoms with Crippen LogP contribution in [-0.4, -0.2) is 62.0 Å². The van der Waals surface area contributed by atoms with Crippen LogP contribution in [-0.2, 0) is 0 Å². The van der Waals surface area contributed by atoms with Crippen LogP contribution in [0.3, 0.4) is 0 Å². The summed E-state index contributed by atoms with van der Waals surface area (Å²) < 4.78 is 0. The summed E-state index contributed by atoms with van der Waals surface area (Å²) in [6.45, 7) is 6.45. The molecule has 1 fully saturated rings. The van der Waals surface area contributed by atoms with Gasteiger partial charge in [-0.15, -0.1) is 11.3 Å². The Morgan fingerprint density at radius 3 is 2.83 bits per heavy atom. The number of hydrogen-bond donors (Lipinski definition) is 1. The Labute approximate surface area is 113 Å². The molecule has 2 heterocycles. The molecule has 0 bridgehead atoms. The third-order valence-electron chi connectivity index (χ3n) is 3.28. The van der Waals surface area contributed by atoms with E-state index in [1.807, 2.05) is 17.5 Å². The van der Waals surface area contributed by atoms with Gasteiger partial charge in [0.15, 0.2) is 0 Å². The SMILES string of the molecule is CN1CCN(CCCNC(=O)c2cccs2)CC1. The average molecular weight is 267 g/mol. The monoisotopic (exact) mass is 267 g/mol. The standard InChI is InChI=1S/C13H21N3OS/c1-15-7-9-16(10-8-15)6-3-5-14-13(17)12-4-2-11-18-12/h2,4,11H,3,5-10H2,1H3,(H,14,17). The molecule has 1 aromatic rings. The largest absolute Gasteiger partial charge is 0.351 e. The Hall–Kier alpha value is -0.910. The van der Waals surface area contributed by atoms with Gasteiger partial charge in [-0.25, -0.2) is 0 Å². The minimum absolute atomic E-state index is 0.0587. The molecule has 18 heavy (non-hydrogen) atoms. The molecule has 4 nitrogen and oxygen atoms in total. The fourth-order valence-electron chi connectivity index (χ4n) is 2.07. The molecule has 2 rings (SSSR count). The molecule has 0 unspecified atom stereocenters. The van der Waals surface area contributed by atoms with E-state index in [1.165, 1.54) is 11.3 Å². The lowest BCUT2D eigenvalue weighted by atomic mass is 10.3. The van der Waals surface area contributed by atoms with Crippen LogP contribution in [0.25, 0.3) is 0 Å². The molecule has 5 heteroatoms. The smallest absolute Gasteiger partial charge is 0.261 e. The summed E-state index contributed by atoms with van der Waals surface area (Å²) in [4.78, 5) is 17.3. The molecular formula is C13H21N3OS. The van der Waals surface area contributed by atoms with Gasteiger partial charge in [0, 0.05) is 32.7 Å². The van der Waals surface area contributed by atoms with Crippen molar-refractivity contribution in [2.45, 2.75) is 6.42 Å². The predicted octanol–water partition coefficient (Wildman–Crippen LogP) is 1.12. The molecule has 1 N–H and O–H groups in total. The lowest BCUT2D eigenvalue weighted by Gasteiger charge is -2.32. The van der Waals surface area contributed by atoms with Crippen molar-refractivity contribution in [3.63, 3.8) is 0 Å². The zero-order chi connectivity index (χ0) is 12.8. The maximum Gasteiger partial charge on any atom is 0.261 e. The molecule has 0 atom stereocenters. The molecule has 100 valence electrons. The van der Waals surface area contributed by atoms with Crippen LogP contribution >= 0.6 is 11.3 Å². The van der Waals surface area contributed by atoms with Crippen molar-refractivity contribution in [2.24, 2.45) is 0 Å². The summed E-state index contributed by atoms with van der Waals surface area (Å²) in [5, 5.41) is 4.90.